The van der Waals surface area contributed by atoms with Gasteiger partial charge in [-0.1, -0.05) is 19.3 Å². The molecule has 5 heteroatoms. The third-order valence-corrected chi connectivity index (χ3v) is 3.57. The lowest BCUT2D eigenvalue weighted by Crippen LogP contribution is -2.18. The third kappa shape index (κ3) is 4.81. The van der Waals surface area contributed by atoms with Crippen LogP contribution < -0.4 is 11.1 Å². The van der Waals surface area contributed by atoms with Gasteiger partial charge < -0.3 is 15.8 Å². The largest absolute Gasteiger partial charge is 0.385 e. The molecule has 0 atom stereocenters. The van der Waals surface area contributed by atoms with Crippen LogP contribution in [0.1, 0.15) is 49.0 Å². The van der Waals surface area contributed by atoms with Crippen LogP contribution in [0.15, 0.2) is 18.3 Å². The molecule has 1 fully saturated rings. The number of pyridine rings is 1. The first-order valence-corrected chi connectivity index (χ1v) is 7.37. The summed E-state index contributed by atoms with van der Waals surface area (Å²) in [5, 5.41) is 3.25. The summed E-state index contributed by atoms with van der Waals surface area (Å²) in [6.45, 7) is 1.60. The number of hydrogen-bond acceptors (Lipinski definition) is 4. The maximum Gasteiger partial charge on any atom is 0.267 e. The average molecular weight is 277 g/mol. The van der Waals surface area contributed by atoms with Crippen LogP contribution in [0, 0.1) is 0 Å². The van der Waals surface area contributed by atoms with Crippen molar-refractivity contribution in [1.29, 1.82) is 0 Å². The van der Waals surface area contributed by atoms with E-state index in [1.807, 2.05) is 6.07 Å². The molecule has 1 saturated carbocycles. The highest BCUT2D eigenvalue weighted by atomic mass is 16.5. The Balaban J connectivity index is 1.63. The van der Waals surface area contributed by atoms with Crippen LogP contribution in [0.25, 0.3) is 0 Å². The van der Waals surface area contributed by atoms with Crippen molar-refractivity contribution in [3.63, 3.8) is 0 Å². The third-order valence-electron chi connectivity index (χ3n) is 3.57. The van der Waals surface area contributed by atoms with E-state index in [9.17, 15) is 4.79 Å². The fourth-order valence-electron chi connectivity index (χ4n) is 2.46. The summed E-state index contributed by atoms with van der Waals surface area (Å²) in [6.07, 6.45) is 9.37. The van der Waals surface area contributed by atoms with E-state index in [0.29, 0.717) is 6.10 Å². The predicted molar refractivity (Wildman–Crippen MR) is 78.7 cm³/mol. The first-order valence-electron chi connectivity index (χ1n) is 7.37. The number of hydrogen-bond donors (Lipinski definition) is 2. The summed E-state index contributed by atoms with van der Waals surface area (Å²) in [7, 11) is 0. The molecule has 1 heterocycles. The zero-order chi connectivity index (χ0) is 14.2. The van der Waals surface area contributed by atoms with E-state index < -0.39 is 5.91 Å². The molecule has 5 nitrogen and oxygen atoms in total. The Bertz CT molecular complexity index is 431. The summed E-state index contributed by atoms with van der Waals surface area (Å²) < 4.78 is 5.86. The Morgan fingerprint density at radius 1 is 1.40 bits per heavy atom. The number of anilines is 1. The minimum Gasteiger partial charge on any atom is -0.385 e. The van der Waals surface area contributed by atoms with E-state index in [1.54, 1.807) is 12.3 Å². The summed E-state index contributed by atoms with van der Waals surface area (Å²) in [6, 6.07) is 3.50. The number of rotatable bonds is 7. The zero-order valence-corrected chi connectivity index (χ0v) is 11.8. The topological polar surface area (TPSA) is 77.2 Å². The highest BCUT2D eigenvalue weighted by Crippen LogP contribution is 2.20. The number of nitrogens with two attached hydrogens (primary N) is 1. The van der Waals surface area contributed by atoms with Crippen molar-refractivity contribution >= 4 is 11.6 Å². The lowest BCUT2D eigenvalue weighted by Gasteiger charge is -2.22. The maximum atomic E-state index is 11.0. The second-order valence-corrected chi connectivity index (χ2v) is 5.21. The minimum absolute atomic E-state index is 0.286. The molecule has 1 amide bonds. The van der Waals surface area contributed by atoms with Gasteiger partial charge in [0.2, 0.25) is 0 Å². The number of amides is 1. The summed E-state index contributed by atoms with van der Waals surface area (Å²) in [5.74, 6) is -0.505. The quantitative estimate of drug-likeness (QED) is 0.750. The van der Waals surface area contributed by atoms with Gasteiger partial charge in [0.1, 0.15) is 5.69 Å². The van der Waals surface area contributed by atoms with Gasteiger partial charge in [-0.15, -0.1) is 0 Å². The first kappa shape index (κ1) is 14.8. The van der Waals surface area contributed by atoms with Crippen LogP contribution in [0.3, 0.4) is 0 Å². The minimum atomic E-state index is -0.505. The van der Waals surface area contributed by atoms with Crippen LogP contribution >= 0.6 is 0 Å². The van der Waals surface area contributed by atoms with Gasteiger partial charge in [0.05, 0.1) is 6.10 Å². The van der Waals surface area contributed by atoms with Crippen molar-refractivity contribution in [3.05, 3.63) is 24.0 Å². The molecule has 1 aliphatic rings. The second kappa shape index (κ2) is 7.85. The number of carbonyl (C=O) groups is 1. The van der Waals surface area contributed by atoms with Gasteiger partial charge in [-0.05, 0) is 31.4 Å². The molecule has 2 rings (SSSR count). The van der Waals surface area contributed by atoms with E-state index in [4.69, 9.17) is 10.5 Å². The molecule has 0 aliphatic heterocycles. The molecule has 0 spiro atoms. The van der Waals surface area contributed by atoms with Crippen molar-refractivity contribution in [1.82, 2.24) is 4.98 Å². The molecule has 20 heavy (non-hydrogen) atoms. The monoisotopic (exact) mass is 277 g/mol. The van der Waals surface area contributed by atoms with Gasteiger partial charge >= 0.3 is 0 Å². The summed E-state index contributed by atoms with van der Waals surface area (Å²) in [5.41, 5.74) is 6.35. The molecule has 0 bridgehead atoms. The molecule has 1 aromatic heterocycles. The van der Waals surface area contributed by atoms with E-state index in [-0.39, 0.29) is 5.69 Å². The fraction of sp³-hybridized carbons (Fsp3) is 0.600. The molecule has 0 aromatic carbocycles. The van der Waals surface area contributed by atoms with Crippen LogP contribution in [0.2, 0.25) is 0 Å². The van der Waals surface area contributed by atoms with Crippen molar-refractivity contribution in [2.24, 2.45) is 5.73 Å². The predicted octanol–water partition coefficient (Wildman–Crippen LogP) is 2.33. The van der Waals surface area contributed by atoms with Gasteiger partial charge in [0.25, 0.3) is 5.91 Å². The second-order valence-electron chi connectivity index (χ2n) is 5.21. The fourth-order valence-corrected chi connectivity index (χ4v) is 2.46. The van der Waals surface area contributed by atoms with Crippen molar-refractivity contribution in [3.8, 4) is 0 Å². The van der Waals surface area contributed by atoms with Crippen molar-refractivity contribution < 1.29 is 9.53 Å². The number of nitrogens with one attached hydrogen (secondary N) is 1. The van der Waals surface area contributed by atoms with Gasteiger partial charge in [-0.2, -0.15) is 0 Å². The molecular weight excluding hydrogens is 254 g/mol. The van der Waals surface area contributed by atoms with Gasteiger partial charge in [-0.25, -0.2) is 0 Å². The number of aromatic nitrogens is 1. The molecular formula is C15H23N3O2. The Morgan fingerprint density at radius 3 is 2.95 bits per heavy atom. The Labute approximate surface area is 119 Å². The van der Waals surface area contributed by atoms with E-state index in [1.165, 1.54) is 32.1 Å². The first-order chi connectivity index (χ1) is 9.75. The average Bonchev–Trinajstić information content (AvgIpc) is 2.48. The highest BCUT2D eigenvalue weighted by molar-refractivity contribution is 5.91. The van der Waals surface area contributed by atoms with Gasteiger partial charge in [-0.3, -0.25) is 9.78 Å². The molecule has 0 radical (unpaired) electrons. The SMILES string of the molecule is NC(=O)c1cc(NCCCOC2CCCCC2)ccn1. The Kier molecular flexibility index (Phi) is 5.80. The molecule has 3 N–H and O–H groups in total. The Hall–Kier alpha value is -1.62. The number of primary amides is 1. The van der Waals surface area contributed by atoms with E-state index >= 15 is 0 Å². The smallest absolute Gasteiger partial charge is 0.267 e. The maximum absolute atomic E-state index is 11.0. The molecule has 110 valence electrons. The van der Waals surface area contributed by atoms with Gasteiger partial charge in [0.15, 0.2) is 0 Å². The number of nitrogens with zero attached hydrogens (tertiary/aromatic N) is 1. The molecule has 1 aliphatic carbocycles. The molecule has 0 saturated heterocycles. The zero-order valence-electron chi connectivity index (χ0n) is 11.8. The number of ether oxygens (including phenoxy) is 1. The van der Waals surface area contributed by atoms with Crippen LogP contribution in [-0.4, -0.2) is 30.1 Å². The standard InChI is InChI=1S/C15H23N3O2/c16-15(19)14-11-12(7-9-18-14)17-8-4-10-20-13-5-2-1-3-6-13/h7,9,11,13H,1-6,8,10H2,(H2,16,19)(H,17,18). The van der Waals surface area contributed by atoms with Crippen LogP contribution in [-0.2, 0) is 4.74 Å². The summed E-state index contributed by atoms with van der Waals surface area (Å²) >= 11 is 0. The van der Waals surface area contributed by atoms with Crippen molar-refractivity contribution in [2.45, 2.75) is 44.6 Å². The lowest BCUT2D eigenvalue weighted by molar-refractivity contribution is 0.0284. The number of carbonyl (C=O) groups excluding carboxylic acids is 1. The van der Waals surface area contributed by atoms with Gasteiger partial charge in [0, 0.05) is 25.0 Å². The summed E-state index contributed by atoms with van der Waals surface area (Å²) in [4.78, 5) is 14.9. The molecule has 1 aromatic rings. The molecule has 0 unspecified atom stereocenters. The van der Waals surface area contributed by atoms with E-state index in [2.05, 4.69) is 10.3 Å². The van der Waals surface area contributed by atoms with E-state index in [0.717, 1.165) is 25.3 Å². The normalized spacial score (nSPS) is 16.0. The van der Waals surface area contributed by atoms with Crippen LogP contribution in [0.4, 0.5) is 5.69 Å². The van der Waals surface area contributed by atoms with Crippen LogP contribution in [0.5, 0.6) is 0 Å². The Morgan fingerprint density at radius 2 is 2.20 bits per heavy atom. The van der Waals surface area contributed by atoms with Crippen molar-refractivity contribution in [2.75, 3.05) is 18.5 Å². The lowest BCUT2D eigenvalue weighted by atomic mass is 9.98. The highest BCUT2D eigenvalue weighted by Gasteiger charge is 2.12.